The molecule has 0 bridgehead atoms. The minimum atomic E-state index is 0.143. The Balaban J connectivity index is 1.67. The molecule has 0 spiro atoms. The summed E-state index contributed by atoms with van der Waals surface area (Å²) in [6, 6.07) is 10.4. The smallest absolute Gasteiger partial charge is 0.226 e. The summed E-state index contributed by atoms with van der Waals surface area (Å²) in [5.41, 5.74) is 4.66. The van der Waals surface area contributed by atoms with Crippen molar-refractivity contribution in [3.8, 4) is 0 Å². The molecule has 0 N–H and O–H groups in total. The van der Waals surface area contributed by atoms with Gasteiger partial charge in [-0.3, -0.25) is 9.48 Å². The number of hydrogen-bond donors (Lipinski definition) is 0. The minimum absolute atomic E-state index is 0.143. The average molecular weight is 311 g/mol. The van der Waals surface area contributed by atoms with Crippen LogP contribution in [0.15, 0.2) is 30.3 Å². The van der Waals surface area contributed by atoms with E-state index in [0.29, 0.717) is 12.5 Å². The van der Waals surface area contributed by atoms with Crippen molar-refractivity contribution >= 4 is 5.91 Å². The van der Waals surface area contributed by atoms with Crippen LogP contribution >= 0.6 is 0 Å². The van der Waals surface area contributed by atoms with Crippen molar-refractivity contribution < 1.29 is 4.79 Å². The molecular weight excluding hydrogens is 286 g/mol. The molecule has 1 aromatic carbocycles. The number of aryl methyl sites for hydroxylation is 2. The largest absolute Gasteiger partial charge is 0.341 e. The molecule has 1 amide bonds. The van der Waals surface area contributed by atoms with Crippen LogP contribution in [-0.4, -0.2) is 27.6 Å². The standard InChI is InChI=1S/C19H25N3O/c1-5-22-14(3)18(13(2)20-22)12-21(4)19(23)17-11-16(17)15-9-7-6-8-10-15/h6-10,16-17H,5,11-12H2,1-4H3/t16-,17-/m1/s1. The maximum absolute atomic E-state index is 12.7. The van der Waals surface area contributed by atoms with Gasteiger partial charge in [-0.15, -0.1) is 0 Å². The summed E-state index contributed by atoms with van der Waals surface area (Å²) in [5, 5.41) is 4.54. The first-order valence-corrected chi connectivity index (χ1v) is 8.35. The molecule has 0 aliphatic heterocycles. The van der Waals surface area contributed by atoms with Gasteiger partial charge in [0.25, 0.3) is 0 Å². The van der Waals surface area contributed by atoms with Crippen LogP contribution in [0.5, 0.6) is 0 Å². The Morgan fingerprint density at radius 2 is 2.00 bits per heavy atom. The van der Waals surface area contributed by atoms with Crippen molar-refractivity contribution in [3.63, 3.8) is 0 Å². The van der Waals surface area contributed by atoms with E-state index in [1.807, 2.05) is 41.8 Å². The molecule has 2 aromatic rings. The number of nitrogens with zero attached hydrogens (tertiary/aromatic N) is 3. The molecule has 0 saturated heterocycles. The number of rotatable bonds is 5. The summed E-state index contributed by atoms with van der Waals surface area (Å²) in [6.07, 6.45) is 0.972. The SMILES string of the molecule is CCn1nc(C)c(CN(C)C(=O)[C@@H]2C[C@@H]2c2ccccc2)c1C. The van der Waals surface area contributed by atoms with Gasteiger partial charge in [0.15, 0.2) is 0 Å². The van der Waals surface area contributed by atoms with E-state index in [9.17, 15) is 4.79 Å². The van der Waals surface area contributed by atoms with Crippen LogP contribution in [0.4, 0.5) is 0 Å². The van der Waals surface area contributed by atoms with Crippen molar-refractivity contribution in [1.29, 1.82) is 0 Å². The summed E-state index contributed by atoms with van der Waals surface area (Å²) < 4.78 is 2.01. The van der Waals surface area contributed by atoms with Crippen LogP contribution in [0, 0.1) is 19.8 Å². The fourth-order valence-corrected chi connectivity index (χ4v) is 3.41. The van der Waals surface area contributed by atoms with Crippen LogP contribution in [0.3, 0.4) is 0 Å². The van der Waals surface area contributed by atoms with Crippen LogP contribution in [0.1, 0.15) is 41.8 Å². The zero-order valence-electron chi connectivity index (χ0n) is 14.4. The average Bonchev–Trinajstić information content (AvgIpc) is 3.32. The summed E-state index contributed by atoms with van der Waals surface area (Å²) in [7, 11) is 1.91. The van der Waals surface area contributed by atoms with Crippen LogP contribution in [0.2, 0.25) is 0 Å². The molecule has 4 heteroatoms. The van der Waals surface area contributed by atoms with Gasteiger partial charge < -0.3 is 4.90 Å². The molecule has 0 radical (unpaired) electrons. The van der Waals surface area contributed by atoms with Gasteiger partial charge in [-0.25, -0.2) is 0 Å². The number of amides is 1. The highest BCUT2D eigenvalue weighted by molar-refractivity contribution is 5.82. The predicted octanol–water partition coefficient (Wildman–Crippen LogP) is 3.28. The molecule has 1 aliphatic rings. The van der Waals surface area contributed by atoms with Crippen LogP contribution < -0.4 is 0 Å². The van der Waals surface area contributed by atoms with E-state index >= 15 is 0 Å². The lowest BCUT2D eigenvalue weighted by Crippen LogP contribution is -2.28. The number of benzene rings is 1. The Labute approximate surface area is 138 Å². The van der Waals surface area contributed by atoms with Gasteiger partial charge >= 0.3 is 0 Å². The lowest BCUT2D eigenvalue weighted by molar-refractivity contribution is -0.131. The fourth-order valence-electron chi connectivity index (χ4n) is 3.41. The van der Waals surface area contributed by atoms with Crippen molar-refractivity contribution in [1.82, 2.24) is 14.7 Å². The Kier molecular flexibility index (Phi) is 4.24. The third-order valence-corrected chi connectivity index (χ3v) is 4.94. The lowest BCUT2D eigenvalue weighted by Gasteiger charge is -2.18. The van der Waals surface area contributed by atoms with Gasteiger partial charge in [-0.05, 0) is 38.7 Å². The monoisotopic (exact) mass is 311 g/mol. The summed E-state index contributed by atoms with van der Waals surface area (Å²) in [5.74, 6) is 0.790. The zero-order valence-corrected chi connectivity index (χ0v) is 14.4. The maximum atomic E-state index is 12.7. The predicted molar refractivity (Wildman–Crippen MR) is 91.1 cm³/mol. The Hall–Kier alpha value is -2.10. The summed E-state index contributed by atoms with van der Waals surface area (Å²) in [4.78, 5) is 14.6. The molecule has 0 unspecified atom stereocenters. The highest BCUT2D eigenvalue weighted by Crippen LogP contribution is 2.48. The van der Waals surface area contributed by atoms with Crippen molar-refractivity contribution in [2.24, 2.45) is 5.92 Å². The van der Waals surface area contributed by atoms with E-state index < -0.39 is 0 Å². The zero-order chi connectivity index (χ0) is 16.6. The Bertz CT molecular complexity index is 705. The topological polar surface area (TPSA) is 38.1 Å². The number of aromatic nitrogens is 2. The Morgan fingerprint density at radius 1 is 1.30 bits per heavy atom. The quantitative estimate of drug-likeness (QED) is 0.850. The first-order valence-electron chi connectivity index (χ1n) is 8.35. The van der Waals surface area contributed by atoms with Crippen molar-refractivity contribution in [3.05, 3.63) is 52.8 Å². The van der Waals surface area contributed by atoms with E-state index in [-0.39, 0.29) is 11.8 Å². The second kappa shape index (κ2) is 6.19. The van der Waals surface area contributed by atoms with Gasteiger partial charge in [0.2, 0.25) is 5.91 Å². The van der Waals surface area contributed by atoms with Gasteiger partial charge in [0.05, 0.1) is 5.69 Å². The Morgan fingerprint density at radius 3 is 2.61 bits per heavy atom. The molecule has 2 atom stereocenters. The van der Waals surface area contributed by atoms with E-state index in [1.165, 1.54) is 16.8 Å². The number of carbonyl (C=O) groups excluding carboxylic acids is 1. The number of hydrogen-bond acceptors (Lipinski definition) is 2. The van der Waals surface area contributed by atoms with E-state index in [1.54, 1.807) is 0 Å². The molecule has 122 valence electrons. The first-order chi connectivity index (χ1) is 11.0. The second-order valence-corrected chi connectivity index (χ2v) is 6.52. The third-order valence-electron chi connectivity index (χ3n) is 4.94. The van der Waals surface area contributed by atoms with Gasteiger partial charge in [-0.1, -0.05) is 30.3 Å². The van der Waals surface area contributed by atoms with E-state index in [4.69, 9.17) is 0 Å². The maximum Gasteiger partial charge on any atom is 0.226 e. The summed E-state index contributed by atoms with van der Waals surface area (Å²) >= 11 is 0. The number of carbonyl (C=O) groups is 1. The van der Waals surface area contributed by atoms with Crippen molar-refractivity contribution in [2.45, 2.75) is 46.2 Å². The third kappa shape index (κ3) is 3.03. The van der Waals surface area contributed by atoms with E-state index in [0.717, 1.165) is 18.7 Å². The van der Waals surface area contributed by atoms with Crippen LogP contribution in [0.25, 0.3) is 0 Å². The van der Waals surface area contributed by atoms with Crippen molar-refractivity contribution in [2.75, 3.05) is 7.05 Å². The molecule has 1 aliphatic carbocycles. The van der Waals surface area contributed by atoms with Gasteiger partial charge in [0, 0.05) is 37.3 Å². The molecule has 1 fully saturated rings. The lowest BCUT2D eigenvalue weighted by atomic mass is 10.1. The molecule has 1 aromatic heterocycles. The highest BCUT2D eigenvalue weighted by atomic mass is 16.2. The van der Waals surface area contributed by atoms with E-state index in [2.05, 4.69) is 31.1 Å². The second-order valence-electron chi connectivity index (χ2n) is 6.52. The van der Waals surface area contributed by atoms with Gasteiger partial charge in [-0.2, -0.15) is 5.10 Å². The molecule has 23 heavy (non-hydrogen) atoms. The highest BCUT2D eigenvalue weighted by Gasteiger charge is 2.45. The molecule has 3 rings (SSSR count). The normalized spacial score (nSPS) is 19.7. The molecule has 1 saturated carbocycles. The molecular formula is C19H25N3O. The first kappa shape index (κ1) is 15.8. The molecule has 4 nitrogen and oxygen atoms in total. The van der Waals surface area contributed by atoms with Gasteiger partial charge in [0.1, 0.15) is 0 Å². The summed E-state index contributed by atoms with van der Waals surface area (Å²) in [6.45, 7) is 7.71. The fraction of sp³-hybridized carbons (Fsp3) is 0.474. The molecule has 1 heterocycles. The minimum Gasteiger partial charge on any atom is -0.341 e. The van der Waals surface area contributed by atoms with Crippen LogP contribution in [-0.2, 0) is 17.9 Å².